The van der Waals surface area contributed by atoms with E-state index >= 15 is 0 Å². The van der Waals surface area contributed by atoms with Gasteiger partial charge in [0.15, 0.2) is 0 Å². The third kappa shape index (κ3) is 2.96. The third-order valence-electron chi connectivity index (χ3n) is 3.93. The third-order valence-corrected chi connectivity index (χ3v) is 4.73. The van der Waals surface area contributed by atoms with Crippen LogP contribution in [0.2, 0.25) is 5.02 Å². The molecule has 1 aromatic rings. The van der Waals surface area contributed by atoms with E-state index in [2.05, 4.69) is 40.4 Å². The molecule has 1 heterocycles. The summed E-state index contributed by atoms with van der Waals surface area (Å²) in [4.78, 5) is 12.6. The summed E-state index contributed by atoms with van der Waals surface area (Å²) in [5.74, 6) is 0.341. The highest BCUT2D eigenvalue weighted by Gasteiger charge is 2.43. The molecule has 0 saturated carbocycles. The molecule has 0 spiro atoms. The first-order valence-electron chi connectivity index (χ1n) is 6.43. The molecule has 1 aromatic carbocycles. The predicted molar refractivity (Wildman–Crippen MR) is 82.5 cm³/mol. The summed E-state index contributed by atoms with van der Waals surface area (Å²) >= 11 is 9.50. The summed E-state index contributed by atoms with van der Waals surface area (Å²) in [5.41, 5.74) is 0.331. The van der Waals surface area contributed by atoms with Crippen LogP contribution in [0.4, 0.5) is 5.69 Å². The Hall–Kier alpha value is -0.580. The van der Waals surface area contributed by atoms with E-state index in [1.54, 1.807) is 6.07 Å². The van der Waals surface area contributed by atoms with Gasteiger partial charge in [-0.1, -0.05) is 41.4 Å². The summed E-state index contributed by atoms with van der Waals surface area (Å²) < 4.78 is 0.900. The Labute approximate surface area is 127 Å². The molecule has 0 aliphatic carbocycles. The van der Waals surface area contributed by atoms with Crippen molar-refractivity contribution in [3.8, 4) is 0 Å². The number of rotatable bonds is 3. The largest absolute Gasteiger partial charge is 0.324 e. The number of hydrogen-bond acceptors (Lipinski definition) is 2. The standard InChI is InChI=1S/C14H18BrClN2O/c1-9(2)14(5-6-17-8-14)13(19)18-12-4-3-10(15)7-11(12)16/h3-4,7,9,17H,5-6,8H2,1-2H3,(H,18,19). The molecule has 1 unspecified atom stereocenters. The molecule has 3 nitrogen and oxygen atoms in total. The van der Waals surface area contributed by atoms with Gasteiger partial charge in [0.05, 0.1) is 16.1 Å². The van der Waals surface area contributed by atoms with Crippen molar-refractivity contribution < 1.29 is 4.79 Å². The van der Waals surface area contributed by atoms with Crippen molar-refractivity contribution in [1.82, 2.24) is 5.32 Å². The van der Waals surface area contributed by atoms with Crippen LogP contribution in [0.1, 0.15) is 20.3 Å². The fourth-order valence-corrected chi connectivity index (χ4v) is 3.22. The highest BCUT2D eigenvalue weighted by molar-refractivity contribution is 9.10. The second kappa shape index (κ2) is 5.81. The van der Waals surface area contributed by atoms with Gasteiger partial charge in [0.2, 0.25) is 5.91 Å². The van der Waals surface area contributed by atoms with Gasteiger partial charge in [-0.15, -0.1) is 0 Å². The summed E-state index contributed by atoms with van der Waals surface area (Å²) in [6.07, 6.45) is 0.866. The van der Waals surface area contributed by atoms with E-state index in [1.165, 1.54) is 0 Å². The minimum Gasteiger partial charge on any atom is -0.324 e. The first kappa shape index (κ1) is 14.8. The SMILES string of the molecule is CC(C)C1(C(=O)Nc2ccc(Br)cc2Cl)CCNC1. The quantitative estimate of drug-likeness (QED) is 0.877. The normalized spacial score (nSPS) is 22.8. The van der Waals surface area contributed by atoms with E-state index in [0.717, 1.165) is 24.0 Å². The molecule has 1 fully saturated rings. The monoisotopic (exact) mass is 344 g/mol. The number of halogens is 2. The van der Waals surface area contributed by atoms with Gasteiger partial charge < -0.3 is 10.6 Å². The fourth-order valence-electron chi connectivity index (χ4n) is 2.50. The Bertz CT molecular complexity index is 484. The number of carbonyl (C=O) groups excluding carboxylic acids is 1. The Morgan fingerprint density at radius 3 is 2.79 bits per heavy atom. The zero-order chi connectivity index (χ0) is 14.0. The molecule has 104 valence electrons. The van der Waals surface area contributed by atoms with Crippen molar-refractivity contribution in [3.63, 3.8) is 0 Å². The molecule has 0 aromatic heterocycles. The highest BCUT2D eigenvalue weighted by atomic mass is 79.9. The molecule has 19 heavy (non-hydrogen) atoms. The van der Waals surface area contributed by atoms with E-state index in [1.807, 2.05) is 12.1 Å². The maximum absolute atomic E-state index is 12.6. The van der Waals surface area contributed by atoms with Gasteiger partial charge >= 0.3 is 0 Å². The lowest BCUT2D eigenvalue weighted by Crippen LogP contribution is -2.42. The summed E-state index contributed by atoms with van der Waals surface area (Å²) in [7, 11) is 0. The van der Waals surface area contributed by atoms with Gasteiger partial charge in [0, 0.05) is 11.0 Å². The van der Waals surface area contributed by atoms with Crippen LogP contribution in [0.5, 0.6) is 0 Å². The molecule has 5 heteroatoms. The van der Waals surface area contributed by atoms with Crippen molar-refractivity contribution in [3.05, 3.63) is 27.7 Å². The first-order chi connectivity index (χ1) is 8.95. The molecular weight excluding hydrogens is 328 g/mol. The van der Waals surface area contributed by atoms with Gasteiger partial charge in [0.1, 0.15) is 0 Å². The molecule has 1 aliphatic heterocycles. The topological polar surface area (TPSA) is 41.1 Å². The number of amides is 1. The molecule has 0 radical (unpaired) electrons. The molecule has 1 amide bonds. The number of benzene rings is 1. The van der Waals surface area contributed by atoms with Crippen molar-refractivity contribution in [2.45, 2.75) is 20.3 Å². The van der Waals surface area contributed by atoms with Crippen molar-refractivity contribution in [1.29, 1.82) is 0 Å². The average molecular weight is 346 g/mol. The lowest BCUT2D eigenvalue weighted by molar-refractivity contribution is -0.126. The average Bonchev–Trinajstić information content (AvgIpc) is 2.83. The zero-order valence-corrected chi connectivity index (χ0v) is 13.4. The van der Waals surface area contributed by atoms with Gasteiger partial charge in [-0.3, -0.25) is 4.79 Å². The van der Waals surface area contributed by atoms with Gasteiger partial charge in [-0.25, -0.2) is 0 Å². The molecule has 1 saturated heterocycles. The second-order valence-electron chi connectivity index (χ2n) is 5.32. The second-order valence-corrected chi connectivity index (χ2v) is 6.64. The molecule has 1 atom stereocenters. The van der Waals surface area contributed by atoms with Crippen LogP contribution < -0.4 is 10.6 Å². The predicted octanol–water partition coefficient (Wildman–Crippen LogP) is 3.68. The van der Waals surface area contributed by atoms with E-state index in [4.69, 9.17) is 11.6 Å². The highest BCUT2D eigenvalue weighted by Crippen LogP contribution is 2.36. The Morgan fingerprint density at radius 2 is 2.26 bits per heavy atom. The smallest absolute Gasteiger partial charge is 0.232 e. The van der Waals surface area contributed by atoms with E-state index in [0.29, 0.717) is 10.7 Å². The van der Waals surface area contributed by atoms with Crippen molar-refractivity contribution in [2.75, 3.05) is 18.4 Å². The van der Waals surface area contributed by atoms with Crippen LogP contribution in [-0.4, -0.2) is 19.0 Å². The number of carbonyl (C=O) groups is 1. The fraction of sp³-hybridized carbons (Fsp3) is 0.500. The summed E-state index contributed by atoms with van der Waals surface area (Å²) in [6, 6.07) is 5.48. The van der Waals surface area contributed by atoms with Gasteiger partial charge in [-0.05, 0) is 37.1 Å². The Balaban J connectivity index is 2.20. The lowest BCUT2D eigenvalue weighted by Gasteiger charge is -2.31. The van der Waals surface area contributed by atoms with Crippen molar-refractivity contribution >= 4 is 39.1 Å². The summed E-state index contributed by atoms with van der Waals surface area (Å²) in [6.45, 7) is 5.80. The minimum absolute atomic E-state index is 0.0525. The lowest BCUT2D eigenvalue weighted by atomic mass is 9.75. The first-order valence-corrected chi connectivity index (χ1v) is 7.60. The van der Waals surface area contributed by atoms with Crippen LogP contribution in [0.3, 0.4) is 0 Å². The number of anilines is 1. The molecule has 2 N–H and O–H groups in total. The van der Waals surface area contributed by atoms with E-state index < -0.39 is 0 Å². The minimum atomic E-state index is -0.337. The van der Waals surface area contributed by atoms with Gasteiger partial charge in [-0.2, -0.15) is 0 Å². The van der Waals surface area contributed by atoms with Crippen LogP contribution in [-0.2, 0) is 4.79 Å². The maximum Gasteiger partial charge on any atom is 0.232 e. The maximum atomic E-state index is 12.6. The molecule has 0 bridgehead atoms. The van der Waals surface area contributed by atoms with Crippen LogP contribution in [0.15, 0.2) is 22.7 Å². The Kier molecular flexibility index (Phi) is 4.54. The van der Waals surface area contributed by atoms with Crippen LogP contribution in [0.25, 0.3) is 0 Å². The Morgan fingerprint density at radius 1 is 1.53 bits per heavy atom. The molecular formula is C14H18BrClN2O. The zero-order valence-electron chi connectivity index (χ0n) is 11.1. The summed E-state index contributed by atoms with van der Waals surface area (Å²) in [5, 5.41) is 6.80. The van der Waals surface area contributed by atoms with Crippen LogP contribution >= 0.6 is 27.5 Å². The van der Waals surface area contributed by atoms with Gasteiger partial charge in [0.25, 0.3) is 0 Å². The van der Waals surface area contributed by atoms with E-state index in [-0.39, 0.29) is 17.2 Å². The molecule has 1 aliphatic rings. The van der Waals surface area contributed by atoms with Crippen LogP contribution in [0, 0.1) is 11.3 Å². The number of nitrogens with one attached hydrogen (secondary N) is 2. The molecule has 2 rings (SSSR count). The van der Waals surface area contributed by atoms with E-state index in [9.17, 15) is 4.79 Å². The van der Waals surface area contributed by atoms with Crippen molar-refractivity contribution in [2.24, 2.45) is 11.3 Å². The number of hydrogen-bond donors (Lipinski definition) is 2.